The zero-order chi connectivity index (χ0) is 23.7. The van der Waals surface area contributed by atoms with Gasteiger partial charge in [-0.2, -0.15) is 5.10 Å². The molecule has 0 saturated carbocycles. The Labute approximate surface area is 196 Å². The molecular formula is C25H28F2N4O3. The van der Waals surface area contributed by atoms with Crippen molar-refractivity contribution in [3.05, 3.63) is 47.8 Å². The van der Waals surface area contributed by atoms with Crippen LogP contribution in [0, 0.1) is 5.92 Å². The summed E-state index contributed by atoms with van der Waals surface area (Å²) in [6, 6.07) is 8.75. The number of hydrogen-bond acceptors (Lipinski definition) is 6. The van der Waals surface area contributed by atoms with Crippen LogP contribution in [-0.2, 0) is 4.74 Å². The molecule has 9 heteroatoms. The molecule has 34 heavy (non-hydrogen) atoms. The monoisotopic (exact) mass is 470 g/mol. The Hall–Kier alpha value is -3.07. The van der Waals surface area contributed by atoms with Gasteiger partial charge in [0.05, 0.1) is 25.6 Å². The molecule has 2 fully saturated rings. The van der Waals surface area contributed by atoms with Crippen LogP contribution in [0.2, 0.25) is 0 Å². The lowest BCUT2D eigenvalue weighted by atomic mass is 9.84. The highest BCUT2D eigenvalue weighted by Crippen LogP contribution is 2.33. The smallest absolute Gasteiger partial charge is 0.343 e. The Kier molecular flexibility index (Phi) is 6.45. The van der Waals surface area contributed by atoms with E-state index < -0.39 is 12.4 Å². The van der Waals surface area contributed by atoms with Crippen LogP contribution in [-0.4, -0.2) is 58.3 Å². The minimum atomic E-state index is -2.80. The first kappa shape index (κ1) is 22.7. The summed E-state index contributed by atoms with van der Waals surface area (Å²) < 4.78 is 39.9. The van der Waals surface area contributed by atoms with Crippen molar-refractivity contribution in [3.8, 4) is 17.0 Å². The number of para-hydroxylation sites is 1. The summed E-state index contributed by atoms with van der Waals surface area (Å²) >= 11 is 0. The lowest BCUT2D eigenvalue weighted by Gasteiger charge is -2.44. The molecule has 0 spiro atoms. The summed E-state index contributed by atoms with van der Waals surface area (Å²) in [5, 5.41) is 4.03. The van der Waals surface area contributed by atoms with E-state index in [2.05, 4.69) is 15.0 Å². The van der Waals surface area contributed by atoms with Gasteiger partial charge in [0, 0.05) is 17.5 Å². The van der Waals surface area contributed by atoms with Crippen LogP contribution in [0.25, 0.3) is 16.9 Å². The van der Waals surface area contributed by atoms with Crippen molar-refractivity contribution in [3.63, 3.8) is 0 Å². The lowest BCUT2D eigenvalue weighted by Crippen LogP contribution is -2.49. The number of fused-ring (bicyclic) bond motifs is 2. The van der Waals surface area contributed by atoms with Gasteiger partial charge in [0.15, 0.2) is 5.65 Å². The van der Waals surface area contributed by atoms with E-state index in [0.717, 1.165) is 36.9 Å². The quantitative estimate of drug-likeness (QED) is 0.484. The Morgan fingerprint density at radius 3 is 2.82 bits per heavy atom. The molecule has 0 radical (unpaired) electrons. The third-order valence-electron chi connectivity index (χ3n) is 6.98. The van der Waals surface area contributed by atoms with Gasteiger partial charge in [0.25, 0.3) is 6.43 Å². The molecule has 2 aromatic heterocycles. The van der Waals surface area contributed by atoms with Crippen molar-refractivity contribution in [2.24, 2.45) is 5.92 Å². The first-order chi connectivity index (χ1) is 16.6. The second kappa shape index (κ2) is 9.66. The van der Waals surface area contributed by atoms with Crippen LogP contribution < -0.4 is 4.74 Å². The summed E-state index contributed by atoms with van der Waals surface area (Å²) in [6.45, 7) is 2.52. The largest absolute Gasteiger partial charge is 0.496 e. The fourth-order valence-corrected chi connectivity index (χ4v) is 5.31. The van der Waals surface area contributed by atoms with Gasteiger partial charge in [0.2, 0.25) is 0 Å². The van der Waals surface area contributed by atoms with E-state index in [9.17, 15) is 13.6 Å². The molecule has 1 aromatic carbocycles. The second-order valence-corrected chi connectivity index (χ2v) is 8.96. The summed E-state index contributed by atoms with van der Waals surface area (Å²) in [4.78, 5) is 20.1. The Morgan fingerprint density at radius 1 is 1.18 bits per heavy atom. The van der Waals surface area contributed by atoms with Crippen LogP contribution in [0.1, 0.15) is 54.6 Å². The number of methoxy groups -OCH3 is 1. The predicted molar refractivity (Wildman–Crippen MR) is 122 cm³/mol. The van der Waals surface area contributed by atoms with Crippen molar-refractivity contribution >= 4 is 11.6 Å². The minimum absolute atomic E-state index is 0.0478. The highest BCUT2D eigenvalue weighted by atomic mass is 19.3. The highest BCUT2D eigenvalue weighted by Gasteiger charge is 2.34. The topological polar surface area (TPSA) is 69.0 Å². The molecular weight excluding hydrogens is 442 g/mol. The van der Waals surface area contributed by atoms with E-state index in [4.69, 9.17) is 9.47 Å². The first-order valence-electron chi connectivity index (χ1n) is 11.8. The number of aromatic nitrogens is 3. The van der Waals surface area contributed by atoms with E-state index >= 15 is 0 Å². The molecule has 7 nitrogen and oxygen atoms in total. The zero-order valence-corrected chi connectivity index (χ0v) is 19.1. The number of nitrogens with zero attached hydrogens (tertiary/aromatic N) is 4. The molecule has 4 heterocycles. The third-order valence-corrected chi connectivity index (χ3v) is 6.98. The van der Waals surface area contributed by atoms with Gasteiger partial charge in [-0.15, -0.1) is 0 Å². The highest BCUT2D eigenvalue weighted by molar-refractivity contribution is 5.96. The molecule has 2 atom stereocenters. The summed E-state index contributed by atoms with van der Waals surface area (Å²) in [6.07, 6.45) is 4.12. The summed E-state index contributed by atoms with van der Waals surface area (Å²) in [5.41, 5.74) is 0.603. The average molecular weight is 471 g/mol. The van der Waals surface area contributed by atoms with Gasteiger partial charge >= 0.3 is 5.97 Å². The Balaban J connectivity index is 1.44. The van der Waals surface area contributed by atoms with Crippen molar-refractivity contribution < 1.29 is 23.0 Å². The number of benzene rings is 1. The van der Waals surface area contributed by atoms with E-state index in [1.54, 1.807) is 24.3 Å². The molecule has 5 rings (SSSR count). The molecule has 2 aliphatic heterocycles. The molecule has 0 N–H and O–H groups in total. The number of hydrogen-bond donors (Lipinski definition) is 0. The van der Waals surface area contributed by atoms with Gasteiger partial charge in [-0.1, -0.05) is 18.6 Å². The van der Waals surface area contributed by atoms with Crippen LogP contribution in [0.15, 0.2) is 36.5 Å². The number of rotatable bonds is 6. The molecule has 0 aliphatic carbocycles. The van der Waals surface area contributed by atoms with Crippen LogP contribution in [0.3, 0.4) is 0 Å². The van der Waals surface area contributed by atoms with E-state index in [0.29, 0.717) is 24.0 Å². The number of carbonyl (C=O) groups is 1. The second-order valence-electron chi connectivity index (χ2n) is 8.96. The van der Waals surface area contributed by atoms with Crippen molar-refractivity contribution in [1.82, 2.24) is 19.5 Å². The molecule has 180 valence electrons. The zero-order valence-electron chi connectivity index (χ0n) is 19.1. The van der Waals surface area contributed by atoms with Crippen LogP contribution >= 0.6 is 0 Å². The third kappa shape index (κ3) is 4.24. The molecule has 2 aliphatic rings. The predicted octanol–water partition coefficient (Wildman–Crippen LogP) is 4.76. The van der Waals surface area contributed by atoms with Crippen molar-refractivity contribution in [2.75, 3.05) is 26.8 Å². The van der Waals surface area contributed by atoms with E-state index in [-0.39, 0.29) is 28.5 Å². The fraction of sp³-hybridized carbons (Fsp3) is 0.480. The van der Waals surface area contributed by atoms with E-state index in [1.807, 2.05) is 0 Å². The normalized spacial score (nSPS) is 20.9. The van der Waals surface area contributed by atoms with E-state index in [1.165, 1.54) is 32.2 Å². The number of esters is 1. The average Bonchev–Trinajstić information content (AvgIpc) is 3.30. The number of alkyl halides is 2. The van der Waals surface area contributed by atoms with Gasteiger partial charge in [0.1, 0.15) is 17.0 Å². The first-order valence-corrected chi connectivity index (χ1v) is 11.8. The summed E-state index contributed by atoms with van der Waals surface area (Å²) in [5.74, 6) is 0.193. The summed E-state index contributed by atoms with van der Waals surface area (Å²) in [7, 11) is 1.51. The van der Waals surface area contributed by atoms with Gasteiger partial charge in [-0.3, -0.25) is 4.90 Å². The van der Waals surface area contributed by atoms with Crippen molar-refractivity contribution in [1.29, 1.82) is 0 Å². The maximum atomic E-state index is 13.9. The van der Waals surface area contributed by atoms with Crippen LogP contribution in [0.4, 0.5) is 8.78 Å². The van der Waals surface area contributed by atoms with Crippen molar-refractivity contribution in [2.45, 2.75) is 44.6 Å². The fourth-order valence-electron chi connectivity index (χ4n) is 5.31. The van der Waals surface area contributed by atoms with Gasteiger partial charge < -0.3 is 9.47 Å². The maximum Gasteiger partial charge on any atom is 0.343 e. The molecule has 3 aromatic rings. The number of halogens is 2. The number of carbonyl (C=O) groups excluding carboxylic acids is 1. The molecule has 0 amide bonds. The Bertz CT molecular complexity index is 1180. The molecule has 0 bridgehead atoms. The lowest BCUT2D eigenvalue weighted by molar-refractivity contribution is 0.00749. The Morgan fingerprint density at radius 2 is 2.00 bits per heavy atom. The molecule has 0 unspecified atom stereocenters. The maximum absolute atomic E-state index is 13.9. The SMILES string of the molecule is COc1ccccc1-c1cc(C(F)F)n2ncc(C(=O)OC[C@@H]3CCCN4CCCC[C@@H]34)c2n1. The van der Waals surface area contributed by atoms with Gasteiger partial charge in [-0.25, -0.2) is 23.1 Å². The number of ether oxygens (including phenoxy) is 2. The molecule has 2 saturated heterocycles. The van der Waals surface area contributed by atoms with Gasteiger partial charge in [-0.05, 0) is 57.0 Å². The van der Waals surface area contributed by atoms with Crippen LogP contribution in [0.5, 0.6) is 5.75 Å². The minimum Gasteiger partial charge on any atom is -0.496 e. The standard InChI is InChI=1S/C25H28F2N4O3/c1-33-22-10-3-2-8-17(22)19-13-21(23(26)27)31-24(29-19)18(14-28-31)25(32)34-15-16-7-6-12-30-11-5-4-9-20(16)30/h2-3,8,10,13-14,16,20,23H,4-7,9,11-12,15H2,1H3/t16-,20-/m0/s1. The number of piperidine rings is 2.